The van der Waals surface area contributed by atoms with E-state index in [4.69, 9.17) is 4.74 Å². The van der Waals surface area contributed by atoms with Gasteiger partial charge in [0.15, 0.2) is 0 Å². The molecular formula is C28H29F3N4O5. The predicted octanol–water partition coefficient (Wildman–Crippen LogP) is 3.49. The number of piperidine rings is 1. The molecule has 0 N–H and O–H groups in total. The lowest BCUT2D eigenvalue weighted by atomic mass is 9.97. The van der Waals surface area contributed by atoms with E-state index in [-0.39, 0.29) is 43.7 Å². The molecule has 0 atom stereocenters. The molecule has 0 aliphatic carbocycles. The second kappa shape index (κ2) is 11.5. The van der Waals surface area contributed by atoms with Crippen molar-refractivity contribution in [1.29, 1.82) is 0 Å². The highest BCUT2D eigenvalue weighted by Crippen LogP contribution is 2.29. The first-order valence-electron chi connectivity index (χ1n) is 12.8. The molecule has 2 aromatic carbocycles. The summed E-state index contributed by atoms with van der Waals surface area (Å²) in [6.45, 7) is 5.69. The van der Waals surface area contributed by atoms with E-state index in [1.54, 1.807) is 25.1 Å². The average molecular weight is 559 g/mol. The number of aromatic nitrogens is 3. The Balaban J connectivity index is 1.74. The van der Waals surface area contributed by atoms with E-state index >= 15 is 0 Å². The zero-order valence-corrected chi connectivity index (χ0v) is 22.3. The van der Waals surface area contributed by atoms with Gasteiger partial charge in [-0.05, 0) is 74.6 Å². The molecule has 1 fully saturated rings. The summed E-state index contributed by atoms with van der Waals surface area (Å²) in [5.74, 6) is -1.40. The second-order valence-electron chi connectivity index (χ2n) is 9.72. The lowest BCUT2D eigenvalue weighted by Gasteiger charge is -2.30. The number of alkyl halides is 3. The van der Waals surface area contributed by atoms with Crippen LogP contribution in [0.5, 0.6) is 0 Å². The van der Waals surface area contributed by atoms with E-state index in [2.05, 4.69) is 5.10 Å². The number of esters is 1. The maximum atomic E-state index is 13.5. The van der Waals surface area contributed by atoms with Crippen LogP contribution < -0.4 is 11.2 Å². The number of carbonyl (C=O) groups excluding carboxylic acids is 2. The Morgan fingerprint density at radius 3 is 2.23 bits per heavy atom. The number of hydrogen-bond donors (Lipinski definition) is 0. The Kier molecular flexibility index (Phi) is 8.26. The molecule has 3 aromatic rings. The molecule has 1 amide bonds. The number of aryl methyl sites for hydroxylation is 2. The van der Waals surface area contributed by atoms with Gasteiger partial charge in [0.1, 0.15) is 0 Å². The first-order valence-corrected chi connectivity index (χ1v) is 12.8. The maximum Gasteiger partial charge on any atom is 0.416 e. The number of likely N-dealkylation sites (tertiary alicyclic amines) is 1. The van der Waals surface area contributed by atoms with Crippen LogP contribution in [0.3, 0.4) is 0 Å². The summed E-state index contributed by atoms with van der Waals surface area (Å²) in [4.78, 5) is 53.9. The molecule has 40 heavy (non-hydrogen) atoms. The molecule has 0 saturated carbocycles. The van der Waals surface area contributed by atoms with Crippen LogP contribution in [0.25, 0.3) is 5.69 Å². The van der Waals surface area contributed by atoms with Crippen molar-refractivity contribution in [2.45, 2.75) is 46.3 Å². The van der Waals surface area contributed by atoms with Crippen molar-refractivity contribution in [3.05, 3.63) is 91.3 Å². The van der Waals surface area contributed by atoms with E-state index in [0.29, 0.717) is 18.5 Å². The zero-order valence-electron chi connectivity index (χ0n) is 22.3. The summed E-state index contributed by atoms with van der Waals surface area (Å²) in [5.41, 5.74) is -0.778. The molecule has 212 valence electrons. The van der Waals surface area contributed by atoms with Gasteiger partial charge in [0, 0.05) is 13.1 Å². The van der Waals surface area contributed by atoms with Gasteiger partial charge in [0.25, 0.3) is 11.5 Å². The van der Waals surface area contributed by atoms with E-state index in [1.165, 1.54) is 17.0 Å². The molecule has 2 heterocycles. The van der Waals surface area contributed by atoms with Crippen molar-refractivity contribution in [3.8, 4) is 5.69 Å². The largest absolute Gasteiger partial charge is 0.466 e. The van der Waals surface area contributed by atoms with E-state index in [1.807, 2.05) is 13.8 Å². The lowest BCUT2D eigenvalue weighted by molar-refractivity contribution is -0.149. The van der Waals surface area contributed by atoms with Gasteiger partial charge in [-0.25, -0.2) is 4.79 Å². The Hall–Kier alpha value is -4.22. The molecule has 0 spiro atoms. The standard InChI is InChI=1S/C28H29F3N4O5/c1-4-40-26(38)20-11-13-33(14-12-20)24(36)23-25(37)34(16-19-6-8-21(9-7-19)28(29,30)31)27(39)35(32-23)22-10-5-17(2)18(3)15-22/h5-10,15,20H,4,11-14,16H2,1-3H3. The molecule has 4 rings (SSSR count). The quantitative estimate of drug-likeness (QED) is 0.429. The fourth-order valence-electron chi connectivity index (χ4n) is 4.52. The predicted molar refractivity (Wildman–Crippen MR) is 139 cm³/mol. The highest BCUT2D eigenvalue weighted by molar-refractivity contribution is 5.92. The number of carbonyl (C=O) groups is 2. The maximum absolute atomic E-state index is 13.5. The van der Waals surface area contributed by atoms with Crippen LogP contribution in [0.4, 0.5) is 13.2 Å². The van der Waals surface area contributed by atoms with E-state index in [0.717, 1.165) is 32.5 Å². The van der Waals surface area contributed by atoms with Gasteiger partial charge in [0.05, 0.1) is 30.3 Å². The van der Waals surface area contributed by atoms with Crippen LogP contribution in [0, 0.1) is 19.8 Å². The van der Waals surface area contributed by atoms with Gasteiger partial charge in [-0.3, -0.25) is 19.0 Å². The van der Waals surface area contributed by atoms with Gasteiger partial charge < -0.3 is 9.64 Å². The number of benzene rings is 2. The monoisotopic (exact) mass is 558 g/mol. The molecule has 0 radical (unpaired) electrons. The van der Waals surface area contributed by atoms with Crippen molar-refractivity contribution in [2.75, 3.05) is 19.7 Å². The number of amides is 1. The summed E-state index contributed by atoms with van der Waals surface area (Å²) in [7, 11) is 0. The number of rotatable bonds is 6. The third-order valence-corrected chi connectivity index (χ3v) is 7.02. The smallest absolute Gasteiger partial charge is 0.416 e. The minimum atomic E-state index is -4.54. The van der Waals surface area contributed by atoms with Crippen LogP contribution in [0.2, 0.25) is 0 Å². The van der Waals surface area contributed by atoms with Gasteiger partial charge >= 0.3 is 17.8 Å². The normalized spacial score (nSPS) is 14.3. The average Bonchev–Trinajstić information content (AvgIpc) is 2.92. The van der Waals surface area contributed by atoms with Crippen LogP contribution in [0.1, 0.15) is 52.5 Å². The molecule has 1 aromatic heterocycles. The van der Waals surface area contributed by atoms with Crippen molar-refractivity contribution in [2.24, 2.45) is 5.92 Å². The minimum Gasteiger partial charge on any atom is -0.466 e. The second-order valence-corrected chi connectivity index (χ2v) is 9.72. The Bertz CT molecular complexity index is 1540. The fraction of sp³-hybridized carbons (Fsp3) is 0.393. The van der Waals surface area contributed by atoms with Gasteiger partial charge in [-0.2, -0.15) is 23.0 Å². The molecule has 0 unspecified atom stereocenters. The first-order chi connectivity index (χ1) is 18.9. The van der Waals surface area contributed by atoms with Crippen LogP contribution in [-0.2, 0) is 22.3 Å². The van der Waals surface area contributed by atoms with Crippen molar-refractivity contribution < 1.29 is 27.5 Å². The lowest BCUT2D eigenvalue weighted by Crippen LogP contribution is -2.48. The Labute approximate surface area is 227 Å². The SMILES string of the molecule is CCOC(=O)C1CCN(C(=O)c2nn(-c3ccc(C)c(C)c3)c(=O)n(Cc3ccc(C(F)(F)F)cc3)c2=O)CC1. The molecule has 9 nitrogen and oxygen atoms in total. The topological polar surface area (TPSA) is 104 Å². The Morgan fingerprint density at radius 2 is 1.65 bits per heavy atom. The summed E-state index contributed by atoms with van der Waals surface area (Å²) in [6, 6.07) is 9.17. The number of halogens is 3. The van der Waals surface area contributed by atoms with Gasteiger partial charge in [-0.15, -0.1) is 0 Å². The summed E-state index contributed by atoms with van der Waals surface area (Å²) >= 11 is 0. The highest BCUT2D eigenvalue weighted by Gasteiger charge is 2.32. The third kappa shape index (κ3) is 6.00. The zero-order chi connectivity index (χ0) is 29.2. The van der Waals surface area contributed by atoms with E-state index in [9.17, 15) is 32.3 Å². The van der Waals surface area contributed by atoms with Crippen LogP contribution in [0.15, 0.2) is 52.1 Å². The third-order valence-electron chi connectivity index (χ3n) is 7.02. The molecule has 1 aliphatic rings. The van der Waals surface area contributed by atoms with Crippen LogP contribution >= 0.6 is 0 Å². The van der Waals surface area contributed by atoms with Crippen LogP contribution in [-0.4, -0.2) is 50.8 Å². The number of hydrogen-bond acceptors (Lipinski definition) is 6. The van der Waals surface area contributed by atoms with E-state index < -0.39 is 34.6 Å². The molecule has 12 heteroatoms. The number of ether oxygens (including phenoxy) is 1. The summed E-state index contributed by atoms with van der Waals surface area (Å²) in [5, 5.41) is 4.16. The summed E-state index contributed by atoms with van der Waals surface area (Å²) in [6.07, 6.45) is -3.84. The fourth-order valence-corrected chi connectivity index (χ4v) is 4.52. The number of nitrogens with zero attached hydrogens (tertiary/aromatic N) is 4. The molecular weight excluding hydrogens is 529 g/mol. The highest BCUT2D eigenvalue weighted by atomic mass is 19.4. The van der Waals surface area contributed by atoms with Crippen molar-refractivity contribution in [3.63, 3.8) is 0 Å². The Morgan fingerprint density at radius 1 is 1.00 bits per heavy atom. The molecule has 0 bridgehead atoms. The first kappa shape index (κ1) is 28.8. The van der Waals surface area contributed by atoms with Gasteiger partial charge in [0.2, 0.25) is 5.69 Å². The minimum absolute atomic E-state index is 0.186. The molecule has 1 saturated heterocycles. The van der Waals surface area contributed by atoms with Gasteiger partial charge in [-0.1, -0.05) is 18.2 Å². The summed E-state index contributed by atoms with van der Waals surface area (Å²) < 4.78 is 45.9. The van der Waals surface area contributed by atoms with Crippen molar-refractivity contribution >= 4 is 11.9 Å². The molecule has 1 aliphatic heterocycles. The van der Waals surface area contributed by atoms with Crippen molar-refractivity contribution in [1.82, 2.24) is 19.2 Å².